The first-order valence-corrected chi connectivity index (χ1v) is 5.61. The number of allylic oxidation sites excluding steroid dienone is 1. The normalized spacial score (nSPS) is 27.8. The summed E-state index contributed by atoms with van der Waals surface area (Å²) < 4.78 is 0. The molecule has 0 aromatic heterocycles. The van der Waals surface area contributed by atoms with E-state index in [1.165, 1.54) is 37.7 Å². The van der Waals surface area contributed by atoms with Gasteiger partial charge < -0.3 is 5.32 Å². The minimum atomic E-state index is 0.796. The van der Waals surface area contributed by atoms with E-state index in [2.05, 4.69) is 25.7 Å². The Hall–Kier alpha value is -0.300. The fourth-order valence-electron chi connectivity index (χ4n) is 2.35. The van der Waals surface area contributed by atoms with Crippen LogP contribution in [0.1, 0.15) is 46.0 Å². The van der Waals surface area contributed by atoms with Gasteiger partial charge in [0, 0.05) is 6.04 Å². The molecular weight excluding hydrogens is 158 g/mol. The largest absolute Gasteiger partial charge is 0.314 e. The molecule has 1 aliphatic carbocycles. The van der Waals surface area contributed by atoms with Crippen LogP contribution in [0.4, 0.5) is 0 Å². The van der Waals surface area contributed by atoms with Gasteiger partial charge in [0.25, 0.3) is 0 Å². The van der Waals surface area contributed by atoms with Crippen molar-refractivity contribution in [2.45, 2.75) is 52.0 Å². The molecule has 0 bridgehead atoms. The van der Waals surface area contributed by atoms with E-state index in [1.54, 1.807) is 0 Å². The standard InChI is InChI=1S/C12H23N/c1-4-13-12-7-5-6-11(12)9-8-10(2)3/h11-13H,2,4-9H2,1,3H3. The highest BCUT2D eigenvalue weighted by Crippen LogP contribution is 2.30. The molecule has 76 valence electrons. The Bertz CT molecular complexity index is 163. The predicted octanol–water partition coefficient (Wildman–Crippen LogP) is 3.12. The van der Waals surface area contributed by atoms with Crippen LogP contribution in [0.15, 0.2) is 12.2 Å². The summed E-state index contributed by atoms with van der Waals surface area (Å²) in [6.45, 7) is 9.42. The van der Waals surface area contributed by atoms with Gasteiger partial charge in [-0.15, -0.1) is 6.58 Å². The zero-order valence-corrected chi connectivity index (χ0v) is 9.10. The summed E-state index contributed by atoms with van der Waals surface area (Å²) in [7, 11) is 0. The van der Waals surface area contributed by atoms with E-state index >= 15 is 0 Å². The first-order chi connectivity index (χ1) is 6.24. The maximum absolute atomic E-state index is 3.97. The minimum Gasteiger partial charge on any atom is -0.314 e. The lowest BCUT2D eigenvalue weighted by molar-refractivity contribution is 0.386. The number of hydrogen-bond acceptors (Lipinski definition) is 1. The third-order valence-electron chi connectivity index (χ3n) is 3.07. The topological polar surface area (TPSA) is 12.0 Å². The average molecular weight is 181 g/mol. The van der Waals surface area contributed by atoms with Gasteiger partial charge >= 0.3 is 0 Å². The monoisotopic (exact) mass is 181 g/mol. The van der Waals surface area contributed by atoms with Crippen molar-refractivity contribution >= 4 is 0 Å². The van der Waals surface area contributed by atoms with Gasteiger partial charge in [0.15, 0.2) is 0 Å². The molecule has 0 amide bonds. The number of hydrogen-bond donors (Lipinski definition) is 1. The van der Waals surface area contributed by atoms with Crippen LogP contribution >= 0.6 is 0 Å². The lowest BCUT2D eigenvalue weighted by Gasteiger charge is -2.20. The molecule has 1 rings (SSSR count). The first-order valence-electron chi connectivity index (χ1n) is 5.61. The summed E-state index contributed by atoms with van der Waals surface area (Å²) in [5.74, 6) is 0.914. The minimum absolute atomic E-state index is 0.796. The molecule has 1 N–H and O–H groups in total. The average Bonchev–Trinajstić information content (AvgIpc) is 2.49. The third-order valence-corrected chi connectivity index (χ3v) is 3.07. The maximum atomic E-state index is 3.97. The van der Waals surface area contributed by atoms with Gasteiger partial charge in [0.05, 0.1) is 0 Å². The predicted molar refractivity (Wildman–Crippen MR) is 58.9 cm³/mol. The van der Waals surface area contributed by atoms with E-state index in [-0.39, 0.29) is 0 Å². The molecule has 2 unspecified atom stereocenters. The maximum Gasteiger partial charge on any atom is 0.00953 e. The van der Waals surface area contributed by atoms with E-state index in [0.29, 0.717) is 0 Å². The number of nitrogens with one attached hydrogen (secondary N) is 1. The van der Waals surface area contributed by atoms with Gasteiger partial charge in [-0.3, -0.25) is 0 Å². The van der Waals surface area contributed by atoms with Crippen molar-refractivity contribution in [3.63, 3.8) is 0 Å². The van der Waals surface area contributed by atoms with Gasteiger partial charge in [-0.2, -0.15) is 0 Å². The molecule has 0 radical (unpaired) electrons. The Morgan fingerprint density at radius 2 is 2.23 bits per heavy atom. The van der Waals surface area contributed by atoms with Gasteiger partial charge in [0.1, 0.15) is 0 Å². The summed E-state index contributed by atoms with van der Waals surface area (Å²) in [4.78, 5) is 0. The SMILES string of the molecule is C=C(C)CCC1CCCC1NCC. The van der Waals surface area contributed by atoms with Crippen LogP contribution in [-0.2, 0) is 0 Å². The molecule has 0 aromatic carbocycles. The fourth-order valence-corrected chi connectivity index (χ4v) is 2.35. The summed E-state index contributed by atoms with van der Waals surface area (Å²) in [5.41, 5.74) is 1.34. The Morgan fingerprint density at radius 1 is 1.46 bits per heavy atom. The lowest BCUT2D eigenvalue weighted by Crippen LogP contribution is -2.32. The molecule has 13 heavy (non-hydrogen) atoms. The van der Waals surface area contributed by atoms with Gasteiger partial charge in [-0.05, 0) is 45.1 Å². The van der Waals surface area contributed by atoms with Crippen LogP contribution in [0.3, 0.4) is 0 Å². The van der Waals surface area contributed by atoms with Crippen molar-refractivity contribution in [1.82, 2.24) is 5.32 Å². The quantitative estimate of drug-likeness (QED) is 0.643. The van der Waals surface area contributed by atoms with Crippen molar-refractivity contribution in [2.24, 2.45) is 5.92 Å². The van der Waals surface area contributed by atoms with Crippen LogP contribution < -0.4 is 5.32 Å². The second-order valence-corrected chi connectivity index (χ2v) is 4.35. The highest BCUT2D eigenvalue weighted by atomic mass is 14.9. The Balaban J connectivity index is 2.26. The van der Waals surface area contributed by atoms with Gasteiger partial charge in [-0.1, -0.05) is 18.9 Å². The molecule has 1 heteroatoms. The fraction of sp³-hybridized carbons (Fsp3) is 0.833. The molecule has 1 aliphatic rings. The summed E-state index contributed by atoms with van der Waals surface area (Å²) >= 11 is 0. The third kappa shape index (κ3) is 3.51. The Kier molecular flexibility index (Phi) is 4.51. The van der Waals surface area contributed by atoms with E-state index in [0.717, 1.165) is 18.5 Å². The lowest BCUT2D eigenvalue weighted by atomic mass is 9.96. The molecule has 1 saturated carbocycles. The van der Waals surface area contributed by atoms with E-state index in [4.69, 9.17) is 0 Å². The molecule has 0 heterocycles. The van der Waals surface area contributed by atoms with Crippen molar-refractivity contribution in [1.29, 1.82) is 0 Å². The highest BCUT2D eigenvalue weighted by Gasteiger charge is 2.25. The smallest absolute Gasteiger partial charge is 0.00953 e. The van der Waals surface area contributed by atoms with E-state index in [9.17, 15) is 0 Å². The van der Waals surface area contributed by atoms with Gasteiger partial charge in [0.2, 0.25) is 0 Å². The Labute approximate surface area is 82.6 Å². The molecule has 0 aliphatic heterocycles. The number of rotatable bonds is 5. The van der Waals surface area contributed by atoms with Crippen LogP contribution in [0, 0.1) is 5.92 Å². The Morgan fingerprint density at radius 3 is 2.85 bits per heavy atom. The van der Waals surface area contributed by atoms with Crippen LogP contribution in [0.25, 0.3) is 0 Å². The zero-order chi connectivity index (χ0) is 9.68. The second-order valence-electron chi connectivity index (χ2n) is 4.35. The van der Waals surface area contributed by atoms with Gasteiger partial charge in [-0.25, -0.2) is 0 Å². The van der Waals surface area contributed by atoms with Crippen molar-refractivity contribution in [3.05, 3.63) is 12.2 Å². The van der Waals surface area contributed by atoms with E-state index in [1.807, 2.05) is 0 Å². The molecule has 0 saturated heterocycles. The second kappa shape index (κ2) is 5.43. The molecule has 1 fully saturated rings. The summed E-state index contributed by atoms with van der Waals surface area (Å²) in [5, 5.41) is 3.59. The van der Waals surface area contributed by atoms with Crippen molar-refractivity contribution < 1.29 is 0 Å². The van der Waals surface area contributed by atoms with Crippen molar-refractivity contribution in [3.8, 4) is 0 Å². The van der Waals surface area contributed by atoms with Crippen molar-refractivity contribution in [2.75, 3.05) is 6.54 Å². The summed E-state index contributed by atoms with van der Waals surface area (Å²) in [6, 6.07) is 0.796. The molecule has 0 spiro atoms. The highest BCUT2D eigenvalue weighted by molar-refractivity contribution is 4.91. The zero-order valence-electron chi connectivity index (χ0n) is 9.10. The van der Waals surface area contributed by atoms with Crippen LogP contribution in [0.5, 0.6) is 0 Å². The van der Waals surface area contributed by atoms with E-state index < -0.39 is 0 Å². The van der Waals surface area contributed by atoms with Crippen LogP contribution in [-0.4, -0.2) is 12.6 Å². The molecular formula is C12H23N. The first kappa shape index (κ1) is 10.8. The molecule has 2 atom stereocenters. The summed E-state index contributed by atoms with van der Waals surface area (Å²) in [6.07, 6.45) is 6.78. The molecule has 0 aromatic rings. The van der Waals surface area contributed by atoms with Crippen LogP contribution in [0.2, 0.25) is 0 Å². The molecule has 1 nitrogen and oxygen atoms in total.